The predicted molar refractivity (Wildman–Crippen MR) is 28.7 cm³/mol. The minimum absolute atomic E-state index is 0.148. The van der Waals surface area contributed by atoms with E-state index in [1.807, 2.05) is 6.82 Å². The topological polar surface area (TPSA) is 26.0 Å². The molecule has 0 bridgehead atoms. The third-order valence-corrected chi connectivity index (χ3v) is 0.372. The first kappa shape index (κ1) is 4.96. The van der Waals surface area contributed by atoms with Crippen molar-refractivity contribution < 1.29 is 0 Å². The summed E-state index contributed by atoms with van der Waals surface area (Å²) >= 11 is 0. The second-order valence-electron chi connectivity index (χ2n) is 1.09. The van der Waals surface area contributed by atoms with Gasteiger partial charge in [-0.2, -0.15) is 0 Å². The van der Waals surface area contributed by atoms with Crippen LogP contribution in [-0.4, -0.2) is 20.0 Å². The van der Waals surface area contributed by atoms with Crippen LogP contribution in [0.3, 0.4) is 0 Å². The van der Waals surface area contributed by atoms with Crippen LogP contribution in [0.5, 0.6) is 0 Å². The molecule has 5 heavy (non-hydrogen) atoms. The molecule has 2 N–H and O–H groups in total. The second-order valence-corrected chi connectivity index (χ2v) is 1.09. The van der Waals surface area contributed by atoms with E-state index in [-0.39, 0.29) is 6.74 Å². The average Bonchev–Trinajstić information content (AvgIpc) is 1.38. The van der Waals surface area contributed by atoms with Crippen molar-refractivity contribution >= 4 is 20.0 Å². The molecule has 0 saturated heterocycles. The van der Waals surface area contributed by atoms with E-state index >= 15 is 0 Å². The molecule has 26 valence electrons. The Morgan fingerprint density at radius 2 is 2.20 bits per heavy atom. The van der Waals surface area contributed by atoms with E-state index < -0.39 is 0 Å². The van der Waals surface area contributed by atoms with E-state index in [0.29, 0.717) is 0 Å². The minimum atomic E-state index is 0.148. The fourth-order valence-electron chi connectivity index (χ4n) is 0. The standard InChI is InChI=1S/C2H7B2N/c1-3-4(2)5/h1,5H2,2H3. The van der Waals surface area contributed by atoms with E-state index in [2.05, 4.69) is 6.47 Å². The van der Waals surface area contributed by atoms with Crippen molar-refractivity contribution in [3.63, 3.8) is 0 Å². The average molecular weight is 66.7 g/mol. The van der Waals surface area contributed by atoms with Gasteiger partial charge in [0.1, 0.15) is 0 Å². The van der Waals surface area contributed by atoms with Crippen molar-refractivity contribution in [3.05, 3.63) is 0 Å². The summed E-state index contributed by atoms with van der Waals surface area (Å²) in [5.74, 6) is 0. The van der Waals surface area contributed by atoms with Crippen molar-refractivity contribution in [2.24, 2.45) is 5.64 Å². The number of nitrogens with two attached hydrogens (primary N) is 1. The zero-order chi connectivity index (χ0) is 4.28. The first-order valence-corrected chi connectivity index (χ1v) is 1.65. The molecule has 0 aliphatic carbocycles. The Morgan fingerprint density at radius 3 is 2.20 bits per heavy atom. The summed E-state index contributed by atoms with van der Waals surface area (Å²) in [6.07, 6.45) is 0. The SMILES string of the molecule is C=BB(C)N. The van der Waals surface area contributed by atoms with Crippen LogP contribution in [0, 0.1) is 0 Å². The van der Waals surface area contributed by atoms with Gasteiger partial charge in [0.2, 0.25) is 0 Å². The second kappa shape index (κ2) is 2.21. The van der Waals surface area contributed by atoms with Crippen molar-refractivity contribution in [1.82, 2.24) is 0 Å². The normalized spacial score (nSPS) is 6.00. The first-order chi connectivity index (χ1) is 2.27. The van der Waals surface area contributed by atoms with Crippen molar-refractivity contribution in [3.8, 4) is 0 Å². The van der Waals surface area contributed by atoms with Gasteiger partial charge in [0.15, 0.2) is 0 Å². The summed E-state index contributed by atoms with van der Waals surface area (Å²) in [4.78, 5) is 0. The quantitative estimate of drug-likeness (QED) is 0.399. The molecule has 0 aromatic carbocycles. The molecular formula is C2H7B2N. The first-order valence-electron chi connectivity index (χ1n) is 1.65. The monoisotopic (exact) mass is 67.1 g/mol. The molecule has 0 aromatic rings. The van der Waals surface area contributed by atoms with Gasteiger partial charge in [-0.3, -0.25) is 0 Å². The van der Waals surface area contributed by atoms with Crippen LogP contribution in [0.25, 0.3) is 0 Å². The molecule has 0 spiro atoms. The molecule has 3 heteroatoms. The van der Waals surface area contributed by atoms with Crippen LogP contribution in [0.2, 0.25) is 6.82 Å². The van der Waals surface area contributed by atoms with Gasteiger partial charge in [-0.25, -0.2) is 0 Å². The van der Waals surface area contributed by atoms with Crippen molar-refractivity contribution in [1.29, 1.82) is 0 Å². The van der Waals surface area contributed by atoms with Gasteiger partial charge in [-0.15, -0.1) is 0 Å². The van der Waals surface area contributed by atoms with Crippen molar-refractivity contribution in [2.45, 2.75) is 6.82 Å². The van der Waals surface area contributed by atoms with E-state index in [9.17, 15) is 0 Å². The summed E-state index contributed by atoms with van der Waals surface area (Å²) in [6, 6.07) is 0. The van der Waals surface area contributed by atoms with Gasteiger partial charge >= 0.3 is 32.5 Å². The maximum absolute atomic E-state index is 5.17. The summed E-state index contributed by atoms with van der Waals surface area (Å²) in [7, 11) is 0. The van der Waals surface area contributed by atoms with E-state index in [1.165, 1.54) is 0 Å². The summed E-state index contributed by atoms with van der Waals surface area (Å²) < 4.78 is 0. The molecular weight excluding hydrogens is 59.7 g/mol. The Kier molecular flexibility index (Phi) is 2.19. The molecule has 0 rings (SSSR count). The van der Waals surface area contributed by atoms with E-state index in [4.69, 9.17) is 5.64 Å². The Bertz CT molecular complexity index is 34.6. The van der Waals surface area contributed by atoms with Crippen LogP contribution in [0.4, 0.5) is 0 Å². The fraction of sp³-hybridized carbons (Fsp3) is 0.500. The van der Waals surface area contributed by atoms with E-state index in [1.54, 1.807) is 6.81 Å². The molecule has 0 saturated carbocycles. The molecule has 0 unspecified atom stereocenters. The van der Waals surface area contributed by atoms with Crippen LogP contribution in [-0.2, 0) is 0 Å². The van der Waals surface area contributed by atoms with Gasteiger partial charge < -0.3 is 0 Å². The number of hydrogen-bond donors (Lipinski definition) is 1. The molecule has 0 aliphatic rings. The molecule has 0 aliphatic heterocycles. The van der Waals surface area contributed by atoms with Gasteiger partial charge in [0, 0.05) is 0 Å². The summed E-state index contributed by atoms with van der Waals surface area (Å²) in [6.45, 7) is 7.16. The summed E-state index contributed by atoms with van der Waals surface area (Å²) in [5.41, 5.74) is 5.17. The van der Waals surface area contributed by atoms with Crippen LogP contribution in [0.1, 0.15) is 0 Å². The molecule has 0 fully saturated rings. The van der Waals surface area contributed by atoms with Gasteiger partial charge in [0.25, 0.3) is 0 Å². The molecule has 0 aromatic heterocycles. The third kappa shape index (κ3) is 3.96. The Labute approximate surface area is 33.5 Å². The Balaban J connectivity index is 2.83. The van der Waals surface area contributed by atoms with Gasteiger partial charge in [-0.05, 0) is 0 Å². The zero-order valence-electron chi connectivity index (χ0n) is 3.44. The van der Waals surface area contributed by atoms with Crippen LogP contribution < -0.4 is 5.64 Å². The predicted octanol–water partition coefficient (Wildman–Crippen LogP) is -0.801. The fourth-order valence-corrected chi connectivity index (χ4v) is 0. The molecule has 0 heterocycles. The van der Waals surface area contributed by atoms with E-state index in [0.717, 1.165) is 0 Å². The van der Waals surface area contributed by atoms with Crippen molar-refractivity contribution in [2.75, 3.05) is 0 Å². The number of rotatable bonds is 1. The molecule has 0 atom stereocenters. The van der Waals surface area contributed by atoms with Crippen LogP contribution >= 0.6 is 0 Å². The summed E-state index contributed by atoms with van der Waals surface area (Å²) in [5, 5.41) is 0. The van der Waals surface area contributed by atoms with Gasteiger partial charge in [0.05, 0.1) is 0 Å². The number of hydrogen-bond acceptors (Lipinski definition) is 1. The Morgan fingerprint density at radius 1 is 2.00 bits per heavy atom. The molecule has 1 nitrogen and oxygen atoms in total. The molecule has 0 radical (unpaired) electrons. The molecule has 0 amide bonds. The zero-order valence-corrected chi connectivity index (χ0v) is 3.44. The van der Waals surface area contributed by atoms with Gasteiger partial charge in [-0.1, -0.05) is 0 Å². The Hall–Kier alpha value is -0.0401. The maximum atomic E-state index is 5.17. The van der Waals surface area contributed by atoms with Crippen LogP contribution in [0.15, 0.2) is 0 Å². The third-order valence-electron chi connectivity index (χ3n) is 0.372.